The van der Waals surface area contributed by atoms with Crippen LogP contribution in [0.25, 0.3) is 0 Å². The molecule has 146 valence electrons. The molecule has 1 aromatic heterocycles. The number of carbonyl (C=O) groups is 1. The van der Waals surface area contributed by atoms with Gasteiger partial charge in [-0.1, -0.05) is 60.4 Å². The molecule has 28 heavy (non-hydrogen) atoms. The largest absolute Gasteiger partial charge is 0.497 e. The number of hydrogen-bond donors (Lipinski definition) is 1. The predicted octanol–water partition coefficient (Wildman–Crippen LogP) is 4.64. The number of carbonyl (C=O) groups excluding carboxylic acids is 1. The molecule has 0 aliphatic rings. The summed E-state index contributed by atoms with van der Waals surface area (Å²) in [6.45, 7) is 1.90. The van der Waals surface area contributed by atoms with Gasteiger partial charge in [0.1, 0.15) is 11.5 Å². The first-order chi connectivity index (χ1) is 13.7. The zero-order chi connectivity index (χ0) is 19.8. The summed E-state index contributed by atoms with van der Waals surface area (Å²) in [5, 5.41) is 11.5. The van der Waals surface area contributed by atoms with Crippen molar-refractivity contribution >= 4 is 34.1 Å². The van der Waals surface area contributed by atoms with Gasteiger partial charge in [0.05, 0.1) is 7.11 Å². The lowest BCUT2D eigenvalue weighted by atomic mass is 10.2. The summed E-state index contributed by atoms with van der Waals surface area (Å²) in [6.07, 6.45) is -0.0792. The number of ether oxygens (including phenoxy) is 2. The van der Waals surface area contributed by atoms with Gasteiger partial charge in [-0.3, -0.25) is 10.1 Å². The normalized spacial score (nSPS) is 11.6. The monoisotopic (exact) mass is 415 g/mol. The van der Waals surface area contributed by atoms with Gasteiger partial charge in [0.2, 0.25) is 5.13 Å². The van der Waals surface area contributed by atoms with E-state index in [-0.39, 0.29) is 5.91 Å². The number of benzene rings is 2. The smallest absolute Gasteiger partial charge is 0.267 e. The van der Waals surface area contributed by atoms with E-state index in [1.54, 1.807) is 43.1 Å². The maximum Gasteiger partial charge on any atom is 0.267 e. The van der Waals surface area contributed by atoms with Crippen LogP contribution in [0.5, 0.6) is 11.5 Å². The molecule has 8 heteroatoms. The van der Waals surface area contributed by atoms with Crippen LogP contribution in [0.15, 0.2) is 58.9 Å². The predicted molar refractivity (Wildman–Crippen MR) is 112 cm³/mol. The molecule has 2 aromatic carbocycles. The first kappa shape index (κ1) is 20.2. The maximum absolute atomic E-state index is 12.5. The number of nitrogens with one attached hydrogen (secondary N) is 1. The van der Waals surface area contributed by atoms with Gasteiger partial charge in [0.25, 0.3) is 5.91 Å². The van der Waals surface area contributed by atoms with Crippen LogP contribution in [-0.2, 0) is 10.5 Å². The first-order valence-electron chi connectivity index (χ1n) is 8.79. The molecule has 1 heterocycles. The van der Waals surface area contributed by atoms with Crippen LogP contribution < -0.4 is 14.8 Å². The quantitative estimate of drug-likeness (QED) is 0.406. The number of aromatic nitrogens is 2. The highest BCUT2D eigenvalue weighted by molar-refractivity contribution is 8.00. The van der Waals surface area contributed by atoms with Crippen LogP contribution in [0.4, 0.5) is 5.13 Å². The summed E-state index contributed by atoms with van der Waals surface area (Å²) in [5.41, 5.74) is 1.22. The van der Waals surface area contributed by atoms with E-state index in [1.165, 1.54) is 16.9 Å². The van der Waals surface area contributed by atoms with Crippen LogP contribution in [0, 0.1) is 0 Å². The summed E-state index contributed by atoms with van der Waals surface area (Å²) >= 11 is 2.95. The van der Waals surface area contributed by atoms with Crippen LogP contribution >= 0.6 is 23.1 Å². The van der Waals surface area contributed by atoms with Crippen LogP contribution in [-0.4, -0.2) is 29.3 Å². The number of methoxy groups -OCH3 is 1. The Balaban J connectivity index is 1.54. The molecule has 0 radical (unpaired) electrons. The standard InChI is InChI=1S/C20H21N3O3S2/c1-3-17(26-16-11-9-15(25-2)10-12-16)18(24)21-19-22-23-20(28-19)27-13-14-7-5-4-6-8-14/h4-12,17H,3,13H2,1-2H3,(H,21,22,24)/t17-/m0/s1. The van der Waals surface area contributed by atoms with Gasteiger partial charge < -0.3 is 9.47 Å². The topological polar surface area (TPSA) is 73.3 Å². The lowest BCUT2D eigenvalue weighted by Gasteiger charge is -2.16. The van der Waals surface area contributed by atoms with E-state index in [0.29, 0.717) is 17.3 Å². The van der Waals surface area contributed by atoms with Crippen molar-refractivity contribution in [3.05, 3.63) is 60.2 Å². The lowest BCUT2D eigenvalue weighted by molar-refractivity contribution is -0.122. The lowest BCUT2D eigenvalue weighted by Crippen LogP contribution is -2.32. The Bertz CT molecular complexity index is 885. The van der Waals surface area contributed by atoms with Crippen LogP contribution in [0.2, 0.25) is 0 Å². The highest BCUT2D eigenvalue weighted by Gasteiger charge is 2.20. The molecule has 1 amide bonds. The summed E-state index contributed by atoms with van der Waals surface area (Å²) < 4.78 is 11.7. The zero-order valence-electron chi connectivity index (χ0n) is 15.6. The highest BCUT2D eigenvalue weighted by atomic mass is 32.2. The Labute approximate surface area is 172 Å². The molecule has 0 fully saturated rings. The molecule has 6 nitrogen and oxygen atoms in total. The van der Waals surface area contributed by atoms with Crippen LogP contribution in [0.3, 0.4) is 0 Å². The van der Waals surface area contributed by atoms with Gasteiger partial charge in [0, 0.05) is 5.75 Å². The van der Waals surface area contributed by atoms with Gasteiger partial charge >= 0.3 is 0 Å². The minimum Gasteiger partial charge on any atom is -0.497 e. The van der Waals surface area contributed by atoms with E-state index < -0.39 is 6.10 Å². The number of hydrogen-bond acceptors (Lipinski definition) is 7. The Hall–Kier alpha value is -2.58. The Kier molecular flexibility index (Phi) is 7.27. The Morgan fingerprint density at radius 1 is 1.11 bits per heavy atom. The zero-order valence-corrected chi connectivity index (χ0v) is 17.3. The molecule has 1 atom stereocenters. The summed E-state index contributed by atoms with van der Waals surface area (Å²) in [7, 11) is 1.60. The fourth-order valence-electron chi connectivity index (χ4n) is 2.36. The number of amides is 1. The fraction of sp³-hybridized carbons (Fsp3) is 0.250. The number of anilines is 1. The molecule has 1 N–H and O–H groups in total. The summed E-state index contributed by atoms with van der Waals surface area (Å²) in [6, 6.07) is 17.3. The molecule has 0 bridgehead atoms. The molecule has 0 spiro atoms. The summed E-state index contributed by atoms with van der Waals surface area (Å²) in [4.78, 5) is 12.5. The number of rotatable bonds is 9. The SMILES string of the molecule is CC[C@H](Oc1ccc(OC)cc1)C(=O)Nc1nnc(SCc2ccccc2)s1. The van der Waals surface area contributed by atoms with E-state index >= 15 is 0 Å². The number of thioether (sulfide) groups is 1. The van der Waals surface area contributed by atoms with E-state index in [9.17, 15) is 4.79 Å². The molecular formula is C20H21N3O3S2. The molecule has 0 saturated heterocycles. The van der Waals surface area contributed by atoms with Gasteiger partial charge in [0.15, 0.2) is 10.4 Å². The van der Waals surface area contributed by atoms with Crippen molar-refractivity contribution in [1.29, 1.82) is 0 Å². The Morgan fingerprint density at radius 2 is 1.82 bits per heavy atom. The maximum atomic E-state index is 12.5. The second kappa shape index (κ2) is 10.1. The van der Waals surface area contributed by atoms with E-state index in [1.807, 2.05) is 25.1 Å². The van der Waals surface area contributed by atoms with Gasteiger partial charge in [-0.05, 0) is 36.2 Å². The molecule has 0 saturated carbocycles. The molecule has 0 aliphatic carbocycles. The molecule has 3 rings (SSSR count). The first-order valence-corrected chi connectivity index (χ1v) is 10.6. The van der Waals surface area contributed by atoms with Gasteiger partial charge in [-0.15, -0.1) is 10.2 Å². The van der Waals surface area contributed by atoms with E-state index in [2.05, 4.69) is 27.6 Å². The average Bonchev–Trinajstić information content (AvgIpc) is 3.19. The van der Waals surface area contributed by atoms with Crippen molar-refractivity contribution in [3.63, 3.8) is 0 Å². The minimum absolute atomic E-state index is 0.242. The van der Waals surface area contributed by atoms with E-state index in [0.717, 1.165) is 15.8 Å². The highest BCUT2D eigenvalue weighted by Crippen LogP contribution is 2.28. The van der Waals surface area contributed by atoms with Crippen molar-refractivity contribution in [1.82, 2.24) is 10.2 Å². The third-order valence-corrected chi connectivity index (χ3v) is 5.89. The van der Waals surface area contributed by atoms with Gasteiger partial charge in [-0.2, -0.15) is 0 Å². The molecule has 0 unspecified atom stereocenters. The van der Waals surface area contributed by atoms with Crippen molar-refractivity contribution in [2.75, 3.05) is 12.4 Å². The third kappa shape index (κ3) is 5.71. The second-order valence-electron chi connectivity index (χ2n) is 5.83. The van der Waals surface area contributed by atoms with Crippen molar-refractivity contribution < 1.29 is 14.3 Å². The molecule has 0 aliphatic heterocycles. The van der Waals surface area contributed by atoms with Crippen molar-refractivity contribution in [2.45, 2.75) is 29.5 Å². The minimum atomic E-state index is -0.613. The van der Waals surface area contributed by atoms with Gasteiger partial charge in [-0.25, -0.2) is 0 Å². The van der Waals surface area contributed by atoms with Crippen molar-refractivity contribution in [3.8, 4) is 11.5 Å². The van der Waals surface area contributed by atoms with Crippen molar-refractivity contribution in [2.24, 2.45) is 0 Å². The van der Waals surface area contributed by atoms with E-state index in [4.69, 9.17) is 9.47 Å². The fourth-order valence-corrected chi connectivity index (χ4v) is 4.08. The molecular weight excluding hydrogens is 394 g/mol. The second-order valence-corrected chi connectivity index (χ2v) is 8.03. The summed E-state index contributed by atoms with van der Waals surface area (Å²) in [5.74, 6) is 1.91. The average molecular weight is 416 g/mol. The third-order valence-electron chi connectivity index (χ3n) is 3.84. The number of nitrogens with zero attached hydrogens (tertiary/aromatic N) is 2. The Morgan fingerprint density at radius 3 is 2.50 bits per heavy atom. The van der Waals surface area contributed by atoms with Crippen LogP contribution in [0.1, 0.15) is 18.9 Å². The molecule has 3 aromatic rings.